The van der Waals surface area contributed by atoms with Gasteiger partial charge in [-0.1, -0.05) is 13.3 Å². The molecule has 1 aliphatic rings. The van der Waals surface area contributed by atoms with E-state index < -0.39 is 0 Å². The van der Waals surface area contributed by atoms with Crippen LogP contribution in [0.5, 0.6) is 0 Å². The van der Waals surface area contributed by atoms with Crippen LogP contribution in [-0.2, 0) is 16.1 Å². The molecule has 0 spiro atoms. The Hall–Kier alpha value is -1.33. The van der Waals surface area contributed by atoms with E-state index in [4.69, 9.17) is 9.15 Å². The van der Waals surface area contributed by atoms with Gasteiger partial charge in [0, 0.05) is 13.2 Å². The fourth-order valence-corrected chi connectivity index (χ4v) is 2.64. The highest BCUT2D eigenvalue weighted by Gasteiger charge is 2.25. The number of amides is 1. The van der Waals surface area contributed by atoms with Gasteiger partial charge in [0.25, 0.3) is 0 Å². The lowest BCUT2D eigenvalue weighted by atomic mass is 9.90. The maximum atomic E-state index is 12.0. The number of carbonyl (C=O) groups excluding carboxylic acids is 1. The van der Waals surface area contributed by atoms with Crippen LogP contribution in [0.15, 0.2) is 22.8 Å². The maximum absolute atomic E-state index is 12.0. The molecule has 0 aromatic carbocycles. The van der Waals surface area contributed by atoms with Crippen molar-refractivity contribution in [2.75, 3.05) is 19.7 Å². The first-order chi connectivity index (χ1) is 10.3. The smallest absolute Gasteiger partial charge is 0.237 e. The third-order valence-corrected chi connectivity index (χ3v) is 4.00. The third kappa shape index (κ3) is 5.52. The Kier molecular flexibility index (Phi) is 6.76. The largest absolute Gasteiger partial charge is 0.467 e. The molecule has 21 heavy (non-hydrogen) atoms. The van der Waals surface area contributed by atoms with E-state index in [2.05, 4.69) is 17.6 Å². The molecule has 0 bridgehead atoms. The lowest BCUT2D eigenvalue weighted by molar-refractivity contribution is -0.124. The molecule has 5 heteroatoms. The maximum Gasteiger partial charge on any atom is 0.237 e. The molecule has 1 aliphatic heterocycles. The molecule has 118 valence electrons. The molecule has 1 aromatic rings. The monoisotopic (exact) mass is 294 g/mol. The van der Waals surface area contributed by atoms with Gasteiger partial charge >= 0.3 is 0 Å². The van der Waals surface area contributed by atoms with E-state index in [0.29, 0.717) is 25.7 Å². The Morgan fingerprint density at radius 3 is 3.24 bits per heavy atom. The minimum Gasteiger partial charge on any atom is -0.467 e. The second-order valence-corrected chi connectivity index (χ2v) is 5.58. The second-order valence-electron chi connectivity index (χ2n) is 5.58. The van der Waals surface area contributed by atoms with Crippen LogP contribution in [-0.4, -0.2) is 31.6 Å². The van der Waals surface area contributed by atoms with Gasteiger partial charge in [-0.2, -0.15) is 0 Å². The molecule has 1 saturated heterocycles. The predicted molar refractivity (Wildman–Crippen MR) is 80.8 cm³/mol. The van der Waals surface area contributed by atoms with Crippen LogP contribution in [0.1, 0.15) is 38.4 Å². The zero-order valence-corrected chi connectivity index (χ0v) is 12.8. The highest BCUT2D eigenvalue weighted by molar-refractivity contribution is 5.81. The molecule has 2 atom stereocenters. The third-order valence-electron chi connectivity index (χ3n) is 4.00. The van der Waals surface area contributed by atoms with Gasteiger partial charge in [-0.15, -0.1) is 0 Å². The van der Waals surface area contributed by atoms with Crippen molar-refractivity contribution in [2.24, 2.45) is 5.92 Å². The van der Waals surface area contributed by atoms with E-state index in [9.17, 15) is 4.79 Å². The van der Waals surface area contributed by atoms with E-state index >= 15 is 0 Å². The van der Waals surface area contributed by atoms with E-state index in [1.165, 1.54) is 6.42 Å². The van der Waals surface area contributed by atoms with Crippen LogP contribution in [0, 0.1) is 5.92 Å². The zero-order chi connectivity index (χ0) is 14.9. The molecule has 2 rings (SSSR count). The van der Waals surface area contributed by atoms with Gasteiger partial charge < -0.3 is 19.8 Å². The number of rotatable bonds is 8. The summed E-state index contributed by atoms with van der Waals surface area (Å²) in [5.41, 5.74) is 0. The molecule has 1 aromatic heterocycles. The highest BCUT2D eigenvalue weighted by Crippen LogP contribution is 2.19. The summed E-state index contributed by atoms with van der Waals surface area (Å²) in [5, 5.41) is 6.28. The van der Waals surface area contributed by atoms with Crippen molar-refractivity contribution in [3.63, 3.8) is 0 Å². The summed E-state index contributed by atoms with van der Waals surface area (Å²) in [6.07, 6.45) is 5.75. The Morgan fingerprint density at radius 1 is 1.57 bits per heavy atom. The van der Waals surface area contributed by atoms with Gasteiger partial charge in [-0.05, 0) is 43.9 Å². The topological polar surface area (TPSA) is 63.5 Å². The lowest BCUT2D eigenvalue weighted by Crippen LogP contribution is -2.48. The average Bonchev–Trinajstić information content (AvgIpc) is 3.04. The number of hydrogen-bond donors (Lipinski definition) is 2. The van der Waals surface area contributed by atoms with Crippen molar-refractivity contribution in [3.05, 3.63) is 24.2 Å². The quantitative estimate of drug-likeness (QED) is 0.721. The van der Waals surface area contributed by atoms with Crippen molar-refractivity contribution >= 4 is 5.91 Å². The molecular weight excluding hydrogens is 268 g/mol. The Bertz CT molecular complexity index is 406. The first-order valence-electron chi connectivity index (χ1n) is 7.90. The van der Waals surface area contributed by atoms with Gasteiger partial charge in [0.1, 0.15) is 12.4 Å². The van der Waals surface area contributed by atoms with Gasteiger partial charge in [-0.3, -0.25) is 4.79 Å². The first kappa shape index (κ1) is 16.0. The van der Waals surface area contributed by atoms with E-state index in [-0.39, 0.29) is 11.9 Å². The van der Waals surface area contributed by atoms with Crippen molar-refractivity contribution in [1.29, 1.82) is 0 Å². The molecule has 2 N–H and O–H groups in total. The molecule has 0 radical (unpaired) electrons. The summed E-state index contributed by atoms with van der Waals surface area (Å²) < 4.78 is 10.7. The van der Waals surface area contributed by atoms with Crippen molar-refractivity contribution in [2.45, 2.75) is 45.3 Å². The summed E-state index contributed by atoms with van der Waals surface area (Å²) in [5.74, 6) is 1.63. The summed E-state index contributed by atoms with van der Waals surface area (Å²) in [6, 6.07) is 3.72. The highest BCUT2D eigenvalue weighted by atomic mass is 16.5. The molecule has 5 nitrogen and oxygen atoms in total. The van der Waals surface area contributed by atoms with E-state index in [1.807, 2.05) is 12.1 Å². The minimum atomic E-state index is -0.0206. The standard InChI is InChI=1S/C16H26N2O3/c1-2-13-6-8-17-15(11-13)16(19)18-7-4-9-20-12-14-5-3-10-21-14/h3,5,10,13,15,17H,2,4,6-9,11-12H2,1H3,(H,18,19). The van der Waals surface area contributed by atoms with Crippen molar-refractivity contribution in [1.82, 2.24) is 10.6 Å². The summed E-state index contributed by atoms with van der Waals surface area (Å²) >= 11 is 0. The molecular formula is C16H26N2O3. The normalized spacial score (nSPS) is 22.1. The number of furan rings is 1. The average molecular weight is 294 g/mol. The lowest BCUT2D eigenvalue weighted by Gasteiger charge is -2.28. The summed E-state index contributed by atoms with van der Waals surface area (Å²) in [6.45, 7) is 4.91. The first-order valence-corrected chi connectivity index (χ1v) is 7.90. The van der Waals surface area contributed by atoms with Gasteiger partial charge in [0.15, 0.2) is 0 Å². The van der Waals surface area contributed by atoms with Gasteiger partial charge in [0.05, 0.1) is 12.3 Å². The Balaban J connectivity index is 1.52. The number of hydrogen-bond acceptors (Lipinski definition) is 4. The fraction of sp³-hybridized carbons (Fsp3) is 0.688. The SMILES string of the molecule is CCC1CCNC(C(=O)NCCCOCc2ccco2)C1. The Morgan fingerprint density at radius 2 is 2.48 bits per heavy atom. The van der Waals surface area contributed by atoms with Gasteiger partial charge in [-0.25, -0.2) is 0 Å². The molecule has 2 heterocycles. The molecule has 2 unspecified atom stereocenters. The molecule has 0 aliphatic carbocycles. The molecule has 0 saturated carbocycles. The van der Waals surface area contributed by atoms with Crippen LogP contribution in [0.3, 0.4) is 0 Å². The molecule has 1 fully saturated rings. The van der Waals surface area contributed by atoms with Gasteiger partial charge in [0.2, 0.25) is 5.91 Å². The Labute approximate surface area is 126 Å². The molecule has 1 amide bonds. The summed E-state index contributed by atoms with van der Waals surface area (Å²) in [4.78, 5) is 12.0. The van der Waals surface area contributed by atoms with Crippen LogP contribution >= 0.6 is 0 Å². The van der Waals surface area contributed by atoms with Crippen LogP contribution in [0.2, 0.25) is 0 Å². The second kappa shape index (κ2) is 8.85. The zero-order valence-electron chi connectivity index (χ0n) is 12.8. The van der Waals surface area contributed by atoms with Crippen LogP contribution in [0.4, 0.5) is 0 Å². The number of piperidine rings is 1. The van der Waals surface area contributed by atoms with E-state index in [1.54, 1.807) is 6.26 Å². The van der Waals surface area contributed by atoms with Crippen molar-refractivity contribution < 1.29 is 13.9 Å². The predicted octanol–water partition coefficient (Wildman–Crippen LogP) is 2.08. The fourth-order valence-electron chi connectivity index (χ4n) is 2.64. The number of nitrogens with one attached hydrogen (secondary N) is 2. The van der Waals surface area contributed by atoms with Crippen molar-refractivity contribution in [3.8, 4) is 0 Å². The minimum absolute atomic E-state index is 0.0206. The van der Waals surface area contributed by atoms with E-state index in [0.717, 1.165) is 31.6 Å². The number of carbonyl (C=O) groups is 1. The summed E-state index contributed by atoms with van der Waals surface area (Å²) in [7, 11) is 0. The number of ether oxygens (including phenoxy) is 1. The van der Waals surface area contributed by atoms with Crippen LogP contribution < -0.4 is 10.6 Å². The van der Waals surface area contributed by atoms with Crippen LogP contribution in [0.25, 0.3) is 0 Å².